The number of hydrogen-bond acceptors (Lipinski definition) is 3. The minimum absolute atomic E-state index is 0.00580. The molecule has 4 heteroatoms. The van der Waals surface area contributed by atoms with Gasteiger partial charge in [-0.25, -0.2) is 0 Å². The third-order valence-corrected chi connectivity index (χ3v) is 6.42. The van der Waals surface area contributed by atoms with Gasteiger partial charge in [-0.2, -0.15) is 0 Å². The van der Waals surface area contributed by atoms with Crippen molar-refractivity contribution >= 4 is 11.6 Å². The molecule has 1 aliphatic carbocycles. The lowest BCUT2D eigenvalue weighted by atomic mass is 9.64. The van der Waals surface area contributed by atoms with E-state index < -0.39 is 0 Å². The lowest BCUT2D eigenvalue weighted by Gasteiger charge is -2.46. The Kier molecular flexibility index (Phi) is 3.27. The summed E-state index contributed by atoms with van der Waals surface area (Å²) >= 11 is 0. The minimum atomic E-state index is -0.00580. The number of carbonyl (C=O) groups is 1. The number of carbonyl (C=O) groups excluding carboxylic acids is 1. The SMILES string of the molecule is O=C1C=CC2=CC[C@@H]3N(C/C=C/CO)CC[C@@]34c3ccccc3N1[C@@H]24. The summed E-state index contributed by atoms with van der Waals surface area (Å²) in [5, 5.41) is 9.02. The van der Waals surface area contributed by atoms with Crippen molar-refractivity contribution in [2.75, 3.05) is 24.6 Å². The highest BCUT2D eigenvalue weighted by Gasteiger charge is 2.62. The van der Waals surface area contributed by atoms with Crippen molar-refractivity contribution in [3.8, 4) is 0 Å². The van der Waals surface area contributed by atoms with Crippen LogP contribution in [0.4, 0.5) is 5.69 Å². The van der Waals surface area contributed by atoms with E-state index in [1.807, 2.05) is 23.1 Å². The molecule has 0 bridgehead atoms. The van der Waals surface area contributed by atoms with E-state index in [9.17, 15) is 4.79 Å². The summed E-state index contributed by atoms with van der Waals surface area (Å²) in [5.41, 5.74) is 3.71. The number of aliphatic hydroxyl groups is 1. The van der Waals surface area contributed by atoms with Crippen molar-refractivity contribution in [3.05, 3.63) is 65.8 Å². The number of likely N-dealkylation sites (tertiary alicyclic amines) is 1. The molecule has 3 heterocycles. The number of aliphatic hydroxyl groups excluding tert-OH is 1. The van der Waals surface area contributed by atoms with Crippen molar-refractivity contribution in [3.63, 3.8) is 0 Å². The molecule has 3 aliphatic heterocycles. The number of nitrogens with zero attached hydrogens (tertiary/aromatic N) is 2. The standard InChI is InChI=1S/C21H22N2O2/c24-14-4-3-12-22-13-11-21-16-5-1-2-6-17(16)23-19(25)10-8-15(20(21)23)7-9-18(21)22/h1-8,10,18,20,24H,9,11-14H2/b4-3+/t18-,20-,21+/m0/s1. The van der Waals surface area contributed by atoms with Crippen LogP contribution < -0.4 is 4.90 Å². The van der Waals surface area contributed by atoms with Gasteiger partial charge in [-0.05, 0) is 36.6 Å². The average molecular weight is 334 g/mol. The van der Waals surface area contributed by atoms with Crippen LogP contribution in [0.5, 0.6) is 0 Å². The molecule has 1 fully saturated rings. The van der Waals surface area contributed by atoms with Crippen LogP contribution >= 0.6 is 0 Å². The van der Waals surface area contributed by atoms with E-state index in [0.29, 0.717) is 6.04 Å². The fourth-order valence-electron chi connectivity index (χ4n) is 5.53. The van der Waals surface area contributed by atoms with Gasteiger partial charge in [0, 0.05) is 29.8 Å². The van der Waals surface area contributed by atoms with Gasteiger partial charge in [-0.3, -0.25) is 9.69 Å². The van der Waals surface area contributed by atoms with Gasteiger partial charge in [0.15, 0.2) is 0 Å². The van der Waals surface area contributed by atoms with Crippen LogP contribution in [-0.4, -0.2) is 47.7 Å². The average Bonchev–Trinajstić information content (AvgIpc) is 3.16. The maximum atomic E-state index is 12.7. The Hall–Kier alpha value is -2.17. The smallest absolute Gasteiger partial charge is 0.251 e. The number of fused-ring (bicyclic) bond motifs is 2. The van der Waals surface area contributed by atoms with Gasteiger partial charge in [-0.15, -0.1) is 0 Å². The highest BCUT2D eigenvalue weighted by molar-refractivity contribution is 6.07. The van der Waals surface area contributed by atoms with Crippen LogP contribution in [0.2, 0.25) is 0 Å². The van der Waals surface area contributed by atoms with Gasteiger partial charge >= 0.3 is 0 Å². The highest BCUT2D eigenvalue weighted by Crippen LogP contribution is 2.59. The summed E-state index contributed by atoms with van der Waals surface area (Å²) in [6.07, 6.45) is 12.0. The first-order valence-electron chi connectivity index (χ1n) is 9.08. The molecule has 0 saturated carbocycles. The van der Waals surface area contributed by atoms with E-state index in [0.717, 1.165) is 31.6 Å². The number of anilines is 1. The molecule has 1 aromatic rings. The summed E-state index contributed by atoms with van der Waals surface area (Å²) in [6, 6.07) is 9.00. The predicted molar refractivity (Wildman–Crippen MR) is 97.4 cm³/mol. The Morgan fingerprint density at radius 2 is 2.12 bits per heavy atom. The fourth-order valence-corrected chi connectivity index (χ4v) is 5.53. The molecule has 4 nitrogen and oxygen atoms in total. The van der Waals surface area contributed by atoms with Crippen LogP contribution in [0, 0.1) is 0 Å². The van der Waals surface area contributed by atoms with Gasteiger partial charge < -0.3 is 10.0 Å². The zero-order valence-electron chi connectivity index (χ0n) is 14.1. The van der Waals surface area contributed by atoms with Gasteiger partial charge in [0.25, 0.3) is 5.91 Å². The van der Waals surface area contributed by atoms with Crippen molar-refractivity contribution < 1.29 is 9.90 Å². The first-order chi connectivity index (χ1) is 12.3. The van der Waals surface area contributed by atoms with Gasteiger partial charge in [0.2, 0.25) is 0 Å². The Labute approximate surface area is 147 Å². The maximum absolute atomic E-state index is 12.7. The highest BCUT2D eigenvalue weighted by atomic mass is 16.2. The zero-order valence-corrected chi connectivity index (χ0v) is 14.1. The normalized spacial score (nSPS) is 32.8. The predicted octanol–water partition coefficient (Wildman–Crippen LogP) is 2.16. The number of para-hydroxylation sites is 1. The van der Waals surface area contributed by atoms with Crippen LogP contribution in [0.3, 0.4) is 0 Å². The number of rotatable bonds is 3. The third kappa shape index (κ3) is 1.87. The van der Waals surface area contributed by atoms with Crippen molar-refractivity contribution in [2.45, 2.75) is 30.3 Å². The van der Waals surface area contributed by atoms with Gasteiger partial charge in [0.1, 0.15) is 0 Å². The molecule has 1 N–H and O–H groups in total. The molecule has 1 amide bonds. The second-order valence-electron chi connectivity index (χ2n) is 7.36. The van der Waals surface area contributed by atoms with Crippen molar-refractivity contribution in [1.29, 1.82) is 0 Å². The molecule has 4 aliphatic rings. The number of hydrogen-bond donors (Lipinski definition) is 1. The van der Waals surface area contributed by atoms with Gasteiger partial charge in [0.05, 0.1) is 12.6 Å². The molecule has 1 aromatic carbocycles. The van der Waals surface area contributed by atoms with Crippen LogP contribution in [-0.2, 0) is 10.2 Å². The third-order valence-electron chi connectivity index (χ3n) is 6.42. The van der Waals surface area contributed by atoms with E-state index in [1.54, 1.807) is 6.08 Å². The number of benzene rings is 1. The molecule has 1 spiro atoms. The lowest BCUT2D eigenvalue weighted by Crippen LogP contribution is -2.57. The zero-order chi connectivity index (χ0) is 17.0. The van der Waals surface area contributed by atoms with E-state index in [2.05, 4.69) is 35.3 Å². The molecule has 128 valence electrons. The summed E-state index contributed by atoms with van der Waals surface area (Å²) in [4.78, 5) is 17.3. The molecular weight excluding hydrogens is 312 g/mol. The summed E-state index contributed by atoms with van der Waals surface area (Å²) in [5.74, 6) is 0.103. The van der Waals surface area contributed by atoms with E-state index in [1.165, 1.54) is 11.1 Å². The molecule has 1 saturated heterocycles. The Morgan fingerprint density at radius 1 is 1.24 bits per heavy atom. The van der Waals surface area contributed by atoms with E-state index >= 15 is 0 Å². The first-order valence-corrected chi connectivity index (χ1v) is 9.08. The Balaban J connectivity index is 1.65. The second-order valence-corrected chi connectivity index (χ2v) is 7.36. The molecule has 0 aromatic heterocycles. The first kappa shape index (κ1) is 15.1. The molecule has 25 heavy (non-hydrogen) atoms. The monoisotopic (exact) mass is 334 g/mol. The second kappa shape index (κ2) is 5.41. The molecule has 0 unspecified atom stereocenters. The van der Waals surface area contributed by atoms with Crippen LogP contribution in [0.15, 0.2) is 60.2 Å². The van der Waals surface area contributed by atoms with E-state index in [-0.39, 0.29) is 24.0 Å². The topological polar surface area (TPSA) is 43.8 Å². The summed E-state index contributed by atoms with van der Waals surface area (Å²) in [7, 11) is 0. The molecule has 5 rings (SSSR count). The Bertz CT molecular complexity index is 825. The largest absolute Gasteiger partial charge is 0.392 e. The molecule has 3 atom stereocenters. The van der Waals surface area contributed by atoms with Crippen LogP contribution in [0.1, 0.15) is 18.4 Å². The Morgan fingerprint density at radius 3 is 3.00 bits per heavy atom. The lowest BCUT2D eigenvalue weighted by molar-refractivity contribution is -0.114. The van der Waals surface area contributed by atoms with Gasteiger partial charge in [-0.1, -0.05) is 42.5 Å². The number of amides is 1. The summed E-state index contributed by atoms with van der Waals surface area (Å²) < 4.78 is 0. The maximum Gasteiger partial charge on any atom is 0.251 e. The van der Waals surface area contributed by atoms with Crippen molar-refractivity contribution in [2.24, 2.45) is 0 Å². The molecular formula is C21H22N2O2. The molecule has 0 radical (unpaired) electrons. The quantitative estimate of drug-likeness (QED) is 0.862. The minimum Gasteiger partial charge on any atom is -0.392 e. The fraction of sp³-hybridized carbons (Fsp3) is 0.381. The van der Waals surface area contributed by atoms with Crippen LogP contribution in [0.25, 0.3) is 0 Å². The van der Waals surface area contributed by atoms with Crippen molar-refractivity contribution in [1.82, 2.24) is 4.90 Å². The van der Waals surface area contributed by atoms with E-state index in [4.69, 9.17) is 5.11 Å². The summed E-state index contributed by atoms with van der Waals surface area (Å²) in [6.45, 7) is 1.97.